The monoisotopic (exact) mass is 479 g/mol. The molecular weight excluding hydrogens is 463 g/mol. The molecule has 2 N–H and O–H groups in total. The maximum atomic E-state index is 11.5. The molecule has 4 nitrogen and oxygen atoms in total. The van der Waals surface area contributed by atoms with Gasteiger partial charge >= 0.3 is 0 Å². The van der Waals surface area contributed by atoms with Gasteiger partial charge in [0.2, 0.25) is 5.90 Å². The number of nitrogens with zero attached hydrogens (tertiary/aromatic N) is 1. The minimum Gasteiger partial charge on any atom is -1.00 e. The first-order valence-electron chi connectivity index (χ1n) is 5.15. The van der Waals surface area contributed by atoms with E-state index >= 15 is 0 Å². The number of halogens is 2. The second-order valence-corrected chi connectivity index (χ2v) is 4.05. The van der Waals surface area contributed by atoms with Gasteiger partial charge in [0.25, 0.3) is 0 Å². The predicted octanol–water partition coefficient (Wildman–Crippen LogP) is -5.26. The fraction of sp³-hybridized carbons (Fsp3) is 0.417. The number of ether oxygens (including phenoxy) is 1. The van der Waals surface area contributed by atoms with Crippen molar-refractivity contribution in [3.63, 3.8) is 0 Å². The fourth-order valence-electron chi connectivity index (χ4n) is 1.52. The molecule has 7 heteroatoms. The van der Waals surface area contributed by atoms with E-state index < -0.39 is 0 Å². The smallest absolute Gasteiger partial charge is 0.215 e. The molecule has 19 heavy (non-hydrogen) atoms. The third-order valence-corrected chi connectivity index (χ3v) is 2.56. The molecule has 1 radical (unpaired) electrons. The van der Waals surface area contributed by atoms with E-state index in [1.807, 2.05) is 6.07 Å². The molecule has 0 bridgehead atoms. The topological polar surface area (TPSA) is 76.2 Å². The third kappa shape index (κ3) is 5.68. The van der Waals surface area contributed by atoms with Crippen molar-refractivity contribution in [2.45, 2.75) is 19.9 Å². The summed E-state index contributed by atoms with van der Waals surface area (Å²) >= 11 is 0. The van der Waals surface area contributed by atoms with Crippen LogP contribution in [0.4, 0.5) is 0 Å². The Labute approximate surface area is 139 Å². The van der Waals surface area contributed by atoms with E-state index in [2.05, 4.69) is 18.8 Å². The molecule has 0 aromatic heterocycles. The summed E-state index contributed by atoms with van der Waals surface area (Å²) in [6.07, 6.45) is 0. The molecule has 2 rings (SSSR count). The zero-order valence-corrected chi connectivity index (χ0v) is 14.8. The van der Waals surface area contributed by atoms with Crippen LogP contribution < -0.4 is 29.9 Å². The van der Waals surface area contributed by atoms with Crippen molar-refractivity contribution in [2.24, 2.45) is 10.9 Å². The van der Waals surface area contributed by atoms with Crippen molar-refractivity contribution in [3.05, 3.63) is 29.8 Å². The van der Waals surface area contributed by atoms with Crippen molar-refractivity contribution in [3.8, 4) is 5.75 Å². The SMILES string of the molecule is CC(C)[C@H]1COC(c2ccccc2[O-])=N1.O.[Cl-].[Cl-].[Re]. The summed E-state index contributed by atoms with van der Waals surface area (Å²) in [5.41, 5.74) is 0.570. The van der Waals surface area contributed by atoms with E-state index in [0.717, 1.165) is 0 Å². The van der Waals surface area contributed by atoms with E-state index in [-0.39, 0.29) is 62.5 Å². The van der Waals surface area contributed by atoms with Crippen LogP contribution in [0.25, 0.3) is 0 Å². The van der Waals surface area contributed by atoms with Gasteiger partial charge in [-0.2, -0.15) is 0 Å². The Bertz CT molecular complexity index is 402. The minimum absolute atomic E-state index is 0. The van der Waals surface area contributed by atoms with E-state index in [1.165, 1.54) is 6.07 Å². The Hall–Kier alpha value is -0.308. The second-order valence-electron chi connectivity index (χ2n) is 4.05. The quantitative estimate of drug-likeness (QED) is 0.425. The predicted molar refractivity (Wildman–Crippen MR) is 60.6 cm³/mol. The number of aliphatic imine (C=N–C) groups is 1. The summed E-state index contributed by atoms with van der Waals surface area (Å²) < 4.78 is 5.44. The number of para-hydroxylation sites is 1. The number of rotatable bonds is 2. The Balaban J connectivity index is -0.000000640. The Morgan fingerprint density at radius 2 is 1.84 bits per heavy atom. The molecule has 0 saturated carbocycles. The summed E-state index contributed by atoms with van der Waals surface area (Å²) in [5.74, 6) is 0.918. The molecule has 1 atom stereocenters. The van der Waals surface area contributed by atoms with Crippen molar-refractivity contribution >= 4 is 5.90 Å². The molecule has 1 aromatic carbocycles. The van der Waals surface area contributed by atoms with Crippen molar-refractivity contribution in [1.82, 2.24) is 0 Å². The average Bonchev–Trinajstić information content (AvgIpc) is 2.67. The number of benzene rings is 1. The van der Waals surface area contributed by atoms with Crippen LogP contribution in [0.2, 0.25) is 0 Å². The van der Waals surface area contributed by atoms with Gasteiger partial charge in [-0.15, -0.1) is 0 Å². The van der Waals surface area contributed by atoms with E-state index in [0.29, 0.717) is 24.0 Å². The molecule has 0 amide bonds. The largest absolute Gasteiger partial charge is 1.00 e. The van der Waals surface area contributed by atoms with Crippen LogP contribution in [0.1, 0.15) is 19.4 Å². The second kappa shape index (κ2) is 10.5. The molecule has 1 heterocycles. The van der Waals surface area contributed by atoms with Crippen LogP contribution in [0.5, 0.6) is 5.75 Å². The first kappa shape index (κ1) is 23.8. The average molecular weight is 479 g/mol. The summed E-state index contributed by atoms with van der Waals surface area (Å²) in [4.78, 5) is 4.41. The zero-order chi connectivity index (χ0) is 10.8. The summed E-state index contributed by atoms with van der Waals surface area (Å²) in [6, 6.07) is 7.01. The minimum atomic E-state index is -0.0272. The molecular formula is C12H16Cl2NO3Re-3. The number of hydrogen-bond donors (Lipinski definition) is 0. The third-order valence-electron chi connectivity index (χ3n) is 2.56. The summed E-state index contributed by atoms with van der Waals surface area (Å²) in [7, 11) is 0. The standard InChI is InChI=1S/C12H15NO2.2ClH.H2O.Re/c1-8(2)10-7-15-12(13-10)9-5-3-4-6-11(9)14;;;;/h3-6,8,10,14H,7H2,1-2H3;2*1H;1H2;/p-3/t10-;;;;/m1..../s1. The zero-order valence-electron chi connectivity index (χ0n) is 10.6. The van der Waals surface area contributed by atoms with Crippen LogP contribution in [0.15, 0.2) is 29.3 Å². The molecule has 111 valence electrons. The van der Waals surface area contributed by atoms with Gasteiger partial charge in [0.1, 0.15) is 6.61 Å². The molecule has 0 spiro atoms. The van der Waals surface area contributed by atoms with Gasteiger partial charge in [0.15, 0.2) is 0 Å². The normalized spacial score (nSPS) is 15.9. The van der Waals surface area contributed by atoms with Gasteiger partial charge in [-0.05, 0) is 5.92 Å². The summed E-state index contributed by atoms with van der Waals surface area (Å²) in [5, 5.41) is 11.5. The van der Waals surface area contributed by atoms with Gasteiger partial charge < -0.3 is 40.1 Å². The van der Waals surface area contributed by atoms with Crippen LogP contribution >= 0.6 is 0 Å². The van der Waals surface area contributed by atoms with Crippen molar-refractivity contribution < 1.29 is 60.6 Å². The van der Waals surface area contributed by atoms with Crippen LogP contribution in [0, 0.1) is 5.92 Å². The molecule has 1 aromatic rings. The molecule has 0 aliphatic carbocycles. The van der Waals surface area contributed by atoms with Crippen LogP contribution in [-0.2, 0) is 25.2 Å². The molecule has 0 fully saturated rings. The number of hydrogen-bond acceptors (Lipinski definition) is 3. The van der Waals surface area contributed by atoms with E-state index in [1.54, 1.807) is 12.1 Å². The maximum absolute atomic E-state index is 11.5. The Morgan fingerprint density at radius 3 is 2.32 bits per heavy atom. The van der Waals surface area contributed by atoms with Gasteiger partial charge in [-0.3, -0.25) is 0 Å². The van der Waals surface area contributed by atoms with Crippen molar-refractivity contribution in [2.75, 3.05) is 6.61 Å². The van der Waals surface area contributed by atoms with E-state index in [9.17, 15) is 5.11 Å². The van der Waals surface area contributed by atoms with Crippen LogP contribution in [-0.4, -0.2) is 24.0 Å². The van der Waals surface area contributed by atoms with Gasteiger partial charge in [-0.1, -0.05) is 43.9 Å². The molecule has 1 aliphatic heterocycles. The molecule has 0 unspecified atom stereocenters. The molecule has 0 saturated heterocycles. The first-order chi connectivity index (χ1) is 7.18. The van der Waals surface area contributed by atoms with Crippen LogP contribution in [0.3, 0.4) is 0 Å². The Morgan fingerprint density at radius 1 is 1.26 bits per heavy atom. The van der Waals surface area contributed by atoms with E-state index in [4.69, 9.17) is 4.74 Å². The van der Waals surface area contributed by atoms with Crippen molar-refractivity contribution in [1.29, 1.82) is 0 Å². The van der Waals surface area contributed by atoms with Gasteiger partial charge in [-0.25, -0.2) is 4.99 Å². The van der Waals surface area contributed by atoms with Gasteiger partial charge in [0, 0.05) is 26.0 Å². The molecule has 1 aliphatic rings. The van der Waals surface area contributed by atoms with Gasteiger partial charge in [0.05, 0.1) is 6.04 Å². The summed E-state index contributed by atoms with van der Waals surface area (Å²) in [6.45, 7) is 4.79. The first-order valence-corrected chi connectivity index (χ1v) is 5.15. The fourth-order valence-corrected chi connectivity index (χ4v) is 1.52. The maximum Gasteiger partial charge on any atom is 0.215 e. The Kier molecular flexibility index (Phi) is 13.1.